The SMILES string of the molecule is C#CC=C1CCCNC1. The van der Waals surface area contributed by atoms with E-state index in [1.807, 2.05) is 6.08 Å². The van der Waals surface area contributed by atoms with E-state index in [1.165, 1.54) is 18.4 Å². The van der Waals surface area contributed by atoms with Crippen LogP contribution in [0.3, 0.4) is 0 Å². The summed E-state index contributed by atoms with van der Waals surface area (Å²) in [7, 11) is 0. The monoisotopic (exact) mass is 121 g/mol. The van der Waals surface area contributed by atoms with Gasteiger partial charge >= 0.3 is 0 Å². The number of piperidine rings is 1. The van der Waals surface area contributed by atoms with Crippen LogP contribution in [-0.2, 0) is 0 Å². The van der Waals surface area contributed by atoms with Crippen molar-refractivity contribution in [3.05, 3.63) is 11.6 Å². The van der Waals surface area contributed by atoms with E-state index < -0.39 is 0 Å². The lowest BCUT2D eigenvalue weighted by molar-refractivity contribution is 0.610. The van der Waals surface area contributed by atoms with Crippen LogP contribution in [0.2, 0.25) is 0 Å². The molecule has 0 amide bonds. The number of nitrogens with one attached hydrogen (secondary N) is 1. The second kappa shape index (κ2) is 3.32. The second-order valence-corrected chi connectivity index (χ2v) is 2.25. The molecule has 1 nitrogen and oxygen atoms in total. The normalized spacial score (nSPS) is 23.7. The highest BCUT2D eigenvalue weighted by Crippen LogP contribution is 2.06. The molecule has 1 rings (SSSR count). The molecule has 0 aromatic heterocycles. The van der Waals surface area contributed by atoms with E-state index in [2.05, 4.69) is 11.2 Å². The zero-order valence-corrected chi connectivity index (χ0v) is 5.48. The molecule has 0 unspecified atom stereocenters. The first-order valence-electron chi connectivity index (χ1n) is 3.28. The number of rotatable bonds is 0. The molecule has 1 heteroatoms. The fourth-order valence-corrected chi connectivity index (χ4v) is 1.02. The van der Waals surface area contributed by atoms with E-state index in [9.17, 15) is 0 Å². The zero-order valence-electron chi connectivity index (χ0n) is 5.48. The van der Waals surface area contributed by atoms with Gasteiger partial charge in [0.05, 0.1) is 0 Å². The second-order valence-electron chi connectivity index (χ2n) is 2.25. The third-order valence-corrected chi connectivity index (χ3v) is 1.49. The predicted molar refractivity (Wildman–Crippen MR) is 39.0 cm³/mol. The van der Waals surface area contributed by atoms with E-state index >= 15 is 0 Å². The van der Waals surface area contributed by atoms with Gasteiger partial charge in [0.25, 0.3) is 0 Å². The van der Waals surface area contributed by atoms with Crippen LogP contribution in [0.25, 0.3) is 0 Å². The van der Waals surface area contributed by atoms with Gasteiger partial charge in [-0.2, -0.15) is 0 Å². The van der Waals surface area contributed by atoms with Crippen LogP contribution in [0.1, 0.15) is 12.8 Å². The maximum Gasteiger partial charge on any atom is 0.0174 e. The number of allylic oxidation sites excluding steroid dienone is 1. The van der Waals surface area contributed by atoms with Gasteiger partial charge in [0, 0.05) is 6.54 Å². The van der Waals surface area contributed by atoms with E-state index in [-0.39, 0.29) is 0 Å². The average Bonchev–Trinajstić information content (AvgIpc) is 1.91. The Morgan fingerprint density at radius 2 is 2.56 bits per heavy atom. The van der Waals surface area contributed by atoms with Crippen molar-refractivity contribution in [3.63, 3.8) is 0 Å². The third kappa shape index (κ3) is 1.91. The summed E-state index contributed by atoms with van der Waals surface area (Å²) in [5.41, 5.74) is 1.36. The Morgan fingerprint density at radius 1 is 1.67 bits per heavy atom. The molecule has 1 saturated heterocycles. The topological polar surface area (TPSA) is 12.0 Å². The van der Waals surface area contributed by atoms with Gasteiger partial charge in [-0.3, -0.25) is 0 Å². The molecule has 1 aliphatic rings. The number of hydrogen-bond donors (Lipinski definition) is 1. The van der Waals surface area contributed by atoms with Gasteiger partial charge in [0.2, 0.25) is 0 Å². The van der Waals surface area contributed by atoms with Gasteiger partial charge in [-0.1, -0.05) is 5.92 Å². The van der Waals surface area contributed by atoms with Crippen LogP contribution in [0.5, 0.6) is 0 Å². The smallest absolute Gasteiger partial charge is 0.0174 e. The highest BCUT2D eigenvalue weighted by atomic mass is 14.9. The molecule has 0 saturated carbocycles. The molecular formula is C8H11N. The van der Waals surface area contributed by atoms with Crippen molar-refractivity contribution in [2.45, 2.75) is 12.8 Å². The fourth-order valence-electron chi connectivity index (χ4n) is 1.02. The van der Waals surface area contributed by atoms with Crippen LogP contribution >= 0.6 is 0 Å². The molecule has 48 valence electrons. The fraction of sp³-hybridized carbons (Fsp3) is 0.500. The number of terminal acetylenes is 1. The largest absolute Gasteiger partial charge is 0.313 e. The predicted octanol–water partition coefficient (Wildman–Crippen LogP) is 0.929. The summed E-state index contributed by atoms with van der Waals surface area (Å²) >= 11 is 0. The Balaban J connectivity index is 2.42. The summed E-state index contributed by atoms with van der Waals surface area (Å²) in [5, 5.41) is 3.26. The highest BCUT2D eigenvalue weighted by Gasteiger charge is 2.01. The Kier molecular flexibility index (Phi) is 2.35. The van der Waals surface area contributed by atoms with Crippen molar-refractivity contribution >= 4 is 0 Å². The molecule has 0 bridgehead atoms. The maximum absolute atomic E-state index is 5.11. The van der Waals surface area contributed by atoms with Crippen LogP contribution in [-0.4, -0.2) is 13.1 Å². The Labute approximate surface area is 56.1 Å². The lowest BCUT2D eigenvalue weighted by atomic mass is 10.1. The molecule has 0 radical (unpaired) electrons. The Hall–Kier alpha value is -0.740. The molecule has 1 aliphatic heterocycles. The first kappa shape index (κ1) is 6.38. The van der Waals surface area contributed by atoms with Crippen LogP contribution in [0.15, 0.2) is 11.6 Å². The zero-order chi connectivity index (χ0) is 6.53. The molecule has 0 spiro atoms. The van der Waals surface area contributed by atoms with Crippen molar-refractivity contribution in [1.82, 2.24) is 5.32 Å². The quantitative estimate of drug-likeness (QED) is 0.470. The summed E-state index contributed by atoms with van der Waals surface area (Å²) in [4.78, 5) is 0. The van der Waals surface area contributed by atoms with E-state index in [4.69, 9.17) is 6.42 Å². The first-order chi connectivity index (χ1) is 4.43. The molecule has 0 atom stereocenters. The molecule has 0 aromatic carbocycles. The maximum atomic E-state index is 5.11. The van der Waals surface area contributed by atoms with E-state index in [0.717, 1.165) is 13.1 Å². The van der Waals surface area contributed by atoms with Gasteiger partial charge in [-0.25, -0.2) is 0 Å². The summed E-state index contributed by atoms with van der Waals surface area (Å²) in [6, 6.07) is 0. The van der Waals surface area contributed by atoms with E-state index in [1.54, 1.807) is 0 Å². The van der Waals surface area contributed by atoms with Crippen molar-refractivity contribution in [2.24, 2.45) is 0 Å². The first-order valence-corrected chi connectivity index (χ1v) is 3.28. The minimum Gasteiger partial charge on any atom is -0.313 e. The summed E-state index contributed by atoms with van der Waals surface area (Å²) < 4.78 is 0. The Morgan fingerprint density at radius 3 is 3.11 bits per heavy atom. The van der Waals surface area contributed by atoms with Gasteiger partial charge < -0.3 is 5.32 Å². The van der Waals surface area contributed by atoms with Crippen molar-refractivity contribution < 1.29 is 0 Å². The molecule has 1 heterocycles. The molecule has 1 fully saturated rings. The molecule has 0 aromatic rings. The van der Waals surface area contributed by atoms with Crippen LogP contribution < -0.4 is 5.32 Å². The third-order valence-electron chi connectivity index (χ3n) is 1.49. The van der Waals surface area contributed by atoms with Crippen molar-refractivity contribution in [2.75, 3.05) is 13.1 Å². The Bertz CT molecular complexity index is 142. The molecular weight excluding hydrogens is 110 g/mol. The average molecular weight is 121 g/mol. The van der Waals surface area contributed by atoms with Crippen LogP contribution in [0, 0.1) is 12.3 Å². The lowest BCUT2D eigenvalue weighted by Gasteiger charge is -2.13. The van der Waals surface area contributed by atoms with E-state index in [0.29, 0.717) is 0 Å². The minimum atomic E-state index is 0.990. The van der Waals surface area contributed by atoms with Crippen molar-refractivity contribution in [3.8, 4) is 12.3 Å². The summed E-state index contributed by atoms with van der Waals surface area (Å²) in [6.45, 7) is 2.13. The molecule has 1 N–H and O–H groups in total. The van der Waals surface area contributed by atoms with Crippen molar-refractivity contribution in [1.29, 1.82) is 0 Å². The van der Waals surface area contributed by atoms with Gasteiger partial charge in [0.15, 0.2) is 0 Å². The standard InChI is InChI=1S/C8H11N/c1-2-4-8-5-3-6-9-7-8/h1,4,9H,3,5-7H2. The van der Waals surface area contributed by atoms with Gasteiger partial charge in [-0.15, -0.1) is 6.42 Å². The van der Waals surface area contributed by atoms with Gasteiger partial charge in [0.1, 0.15) is 0 Å². The van der Waals surface area contributed by atoms with Crippen LogP contribution in [0.4, 0.5) is 0 Å². The molecule has 0 aliphatic carbocycles. The number of hydrogen-bond acceptors (Lipinski definition) is 1. The highest BCUT2D eigenvalue weighted by molar-refractivity contribution is 5.19. The minimum absolute atomic E-state index is 0.990. The lowest BCUT2D eigenvalue weighted by Crippen LogP contribution is -2.23. The summed E-state index contributed by atoms with van der Waals surface area (Å²) in [5.74, 6) is 2.54. The molecule has 9 heavy (non-hydrogen) atoms. The summed E-state index contributed by atoms with van der Waals surface area (Å²) in [6.07, 6.45) is 9.38. The van der Waals surface area contributed by atoms with Gasteiger partial charge in [-0.05, 0) is 31.0 Å².